The fraction of sp³-hybridized carbons (Fsp3) is 0.800. The molecular formula is C15H24N4O2. The maximum atomic E-state index is 12.4. The van der Waals surface area contributed by atoms with Crippen molar-refractivity contribution >= 4 is 5.91 Å². The second-order valence-electron chi connectivity index (χ2n) is 6.34. The van der Waals surface area contributed by atoms with Gasteiger partial charge in [-0.3, -0.25) is 9.69 Å². The third-order valence-electron chi connectivity index (χ3n) is 4.77. The van der Waals surface area contributed by atoms with Crippen molar-refractivity contribution in [1.29, 1.82) is 0 Å². The number of aryl methyl sites for hydroxylation is 1. The molecule has 1 saturated heterocycles. The van der Waals surface area contributed by atoms with E-state index in [4.69, 9.17) is 4.52 Å². The number of nitrogens with zero attached hydrogens (tertiary/aromatic N) is 4. The first-order valence-corrected chi connectivity index (χ1v) is 7.91. The SMILES string of the molecule is Cc1nc(CN2CCCC(N(C)C(=O)C3CCC3)C2)no1. The topological polar surface area (TPSA) is 62.5 Å². The number of likely N-dealkylation sites (tertiary alicyclic amines) is 1. The molecule has 0 aromatic carbocycles. The summed E-state index contributed by atoms with van der Waals surface area (Å²) >= 11 is 0. The van der Waals surface area contributed by atoms with Crippen LogP contribution in [-0.2, 0) is 11.3 Å². The lowest BCUT2D eigenvalue weighted by atomic mass is 9.84. The molecule has 0 bridgehead atoms. The van der Waals surface area contributed by atoms with Gasteiger partial charge in [0.2, 0.25) is 11.8 Å². The van der Waals surface area contributed by atoms with Crippen LogP contribution in [0, 0.1) is 12.8 Å². The predicted molar refractivity (Wildman–Crippen MR) is 77.4 cm³/mol. The zero-order chi connectivity index (χ0) is 14.8. The Hall–Kier alpha value is -1.43. The summed E-state index contributed by atoms with van der Waals surface area (Å²) in [6, 6.07) is 0.319. The molecule has 1 aromatic heterocycles. The highest BCUT2D eigenvalue weighted by Crippen LogP contribution is 2.29. The van der Waals surface area contributed by atoms with E-state index in [2.05, 4.69) is 15.0 Å². The van der Waals surface area contributed by atoms with Gasteiger partial charge in [-0.15, -0.1) is 0 Å². The van der Waals surface area contributed by atoms with E-state index in [1.54, 1.807) is 6.92 Å². The molecule has 2 heterocycles. The number of piperidine rings is 1. The van der Waals surface area contributed by atoms with E-state index in [1.165, 1.54) is 6.42 Å². The van der Waals surface area contributed by atoms with Crippen molar-refractivity contribution < 1.29 is 9.32 Å². The van der Waals surface area contributed by atoms with E-state index in [0.29, 0.717) is 24.4 Å². The molecule has 6 heteroatoms. The summed E-state index contributed by atoms with van der Waals surface area (Å²) < 4.78 is 5.02. The highest BCUT2D eigenvalue weighted by atomic mass is 16.5. The molecule has 1 saturated carbocycles. The molecule has 2 fully saturated rings. The molecule has 3 rings (SSSR count). The lowest BCUT2D eigenvalue weighted by molar-refractivity contribution is -0.140. The normalized spacial score (nSPS) is 23.8. The van der Waals surface area contributed by atoms with Crippen molar-refractivity contribution in [3.63, 3.8) is 0 Å². The minimum atomic E-state index is 0.283. The van der Waals surface area contributed by atoms with Crippen LogP contribution in [0.3, 0.4) is 0 Å². The minimum absolute atomic E-state index is 0.283. The quantitative estimate of drug-likeness (QED) is 0.843. The van der Waals surface area contributed by atoms with Crippen LogP contribution in [0.4, 0.5) is 0 Å². The van der Waals surface area contributed by atoms with Crippen LogP contribution in [0.15, 0.2) is 4.52 Å². The van der Waals surface area contributed by atoms with Gasteiger partial charge in [-0.05, 0) is 32.2 Å². The molecule has 116 valence electrons. The largest absolute Gasteiger partial charge is 0.341 e. The Labute approximate surface area is 125 Å². The Kier molecular flexibility index (Phi) is 4.24. The fourth-order valence-corrected chi connectivity index (χ4v) is 3.22. The van der Waals surface area contributed by atoms with Gasteiger partial charge in [-0.1, -0.05) is 11.6 Å². The van der Waals surface area contributed by atoms with Crippen LogP contribution in [0.2, 0.25) is 0 Å². The molecule has 1 unspecified atom stereocenters. The standard InChI is InChI=1S/C15H24N4O2/c1-11-16-14(17-21-11)10-19-8-4-7-13(9-19)18(2)15(20)12-5-3-6-12/h12-13H,3-10H2,1-2H3. The minimum Gasteiger partial charge on any atom is -0.341 e. The Morgan fingerprint density at radius 3 is 2.81 bits per heavy atom. The van der Waals surface area contributed by atoms with Crippen molar-refractivity contribution in [2.24, 2.45) is 5.92 Å². The summed E-state index contributed by atoms with van der Waals surface area (Å²) in [6.45, 7) is 4.46. The first-order valence-electron chi connectivity index (χ1n) is 7.91. The first-order chi connectivity index (χ1) is 10.1. The van der Waals surface area contributed by atoms with E-state index in [0.717, 1.165) is 44.6 Å². The number of hydrogen-bond acceptors (Lipinski definition) is 5. The fourth-order valence-electron chi connectivity index (χ4n) is 3.22. The monoisotopic (exact) mass is 292 g/mol. The molecule has 21 heavy (non-hydrogen) atoms. The molecule has 1 aromatic rings. The van der Waals surface area contributed by atoms with Gasteiger partial charge in [0.05, 0.1) is 6.54 Å². The molecule has 2 aliphatic rings. The molecule has 6 nitrogen and oxygen atoms in total. The third kappa shape index (κ3) is 3.26. The summed E-state index contributed by atoms with van der Waals surface area (Å²) in [5.74, 6) is 1.96. The number of hydrogen-bond donors (Lipinski definition) is 0. The summed E-state index contributed by atoms with van der Waals surface area (Å²) in [7, 11) is 1.97. The summed E-state index contributed by atoms with van der Waals surface area (Å²) in [4.78, 5) is 20.9. The third-order valence-corrected chi connectivity index (χ3v) is 4.77. The van der Waals surface area contributed by atoms with Gasteiger partial charge in [-0.2, -0.15) is 4.98 Å². The molecule has 0 spiro atoms. The van der Waals surface area contributed by atoms with Crippen LogP contribution >= 0.6 is 0 Å². The van der Waals surface area contributed by atoms with Crippen LogP contribution in [0.25, 0.3) is 0 Å². The van der Waals surface area contributed by atoms with E-state index >= 15 is 0 Å². The van der Waals surface area contributed by atoms with Gasteiger partial charge in [0.1, 0.15) is 0 Å². The molecule has 0 N–H and O–H groups in total. The predicted octanol–water partition coefficient (Wildman–Crippen LogP) is 1.60. The van der Waals surface area contributed by atoms with E-state index in [1.807, 2.05) is 11.9 Å². The van der Waals surface area contributed by atoms with Gasteiger partial charge in [0.15, 0.2) is 5.82 Å². The average Bonchev–Trinajstić information content (AvgIpc) is 2.81. The number of aromatic nitrogens is 2. The van der Waals surface area contributed by atoms with Gasteiger partial charge in [0.25, 0.3) is 0 Å². The Balaban J connectivity index is 1.56. The molecule has 1 atom stereocenters. The van der Waals surface area contributed by atoms with Crippen molar-refractivity contribution in [2.75, 3.05) is 20.1 Å². The highest BCUT2D eigenvalue weighted by molar-refractivity contribution is 5.79. The molecule has 1 aliphatic carbocycles. The van der Waals surface area contributed by atoms with Crippen LogP contribution in [0.5, 0.6) is 0 Å². The van der Waals surface area contributed by atoms with Crippen molar-refractivity contribution in [3.8, 4) is 0 Å². The van der Waals surface area contributed by atoms with E-state index in [-0.39, 0.29) is 5.92 Å². The Bertz CT molecular complexity index is 498. The molecule has 1 amide bonds. The maximum absolute atomic E-state index is 12.4. The molecule has 1 aliphatic heterocycles. The van der Waals surface area contributed by atoms with Crippen molar-refractivity contribution in [3.05, 3.63) is 11.7 Å². The number of rotatable bonds is 4. The lowest BCUT2D eigenvalue weighted by Gasteiger charge is -2.39. The lowest BCUT2D eigenvalue weighted by Crippen LogP contribution is -2.50. The second-order valence-corrected chi connectivity index (χ2v) is 6.34. The van der Waals surface area contributed by atoms with Crippen molar-refractivity contribution in [2.45, 2.75) is 51.6 Å². The summed E-state index contributed by atoms with van der Waals surface area (Å²) in [5.41, 5.74) is 0. The second kappa shape index (κ2) is 6.13. The van der Waals surface area contributed by atoms with Crippen molar-refractivity contribution in [1.82, 2.24) is 19.9 Å². The van der Waals surface area contributed by atoms with E-state index < -0.39 is 0 Å². The summed E-state index contributed by atoms with van der Waals surface area (Å²) in [6.07, 6.45) is 5.56. The smallest absolute Gasteiger partial charge is 0.225 e. The van der Waals surface area contributed by atoms with Gasteiger partial charge in [0, 0.05) is 32.5 Å². The van der Waals surface area contributed by atoms with E-state index in [9.17, 15) is 4.79 Å². The molecule has 0 radical (unpaired) electrons. The zero-order valence-corrected chi connectivity index (χ0v) is 12.9. The maximum Gasteiger partial charge on any atom is 0.225 e. The number of amides is 1. The molecular weight excluding hydrogens is 268 g/mol. The van der Waals surface area contributed by atoms with Gasteiger partial charge >= 0.3 is 0 Å². The first kappa shape index (κ1) is 14.5. The Morgan fingerprint density at radius 2 is 2.19 bits per heavy atom. The summed E-state index contributed by atoms with van der Waals surface area (Å²) in [5, 5.41) is 3.96. The number of carbonyl (C=O) groups is 1. The van der Waals surface area contributed by atoms with Gasteiger partial charge < -0.3 is 9.42 Å². The highest BCUT2D eigenvalue weighted by Gasteiger charge is 2.33. The zero-order valence-electron chi connectivity index (χ0n) is 12.9. The Morgan fingerprint density at radius 1 is 1.38 bits per heavy atom. The number of likely N-dealkylation sites (N-methyl/N-ethyl adjacent to an activating group) is 1. The average molecular weight is 292 g/mol. The number of carbonyl (C=O) groups excluding carboxylic acids is 1. The van der Waals surface area contributed by atoms with Crippen LogP contribution in [0.1, 0.15) is 43.8 Å². The van der Waals surface area contributed by atoms with Crippen LogP contribution in [-0.4, -0.2) is 52.0 Å². The van der Waals surface area contributed by atoms with Crippen LogP contribution < -0.4 is 0 Å². The van der Waals surface area contributed by atoms with Gasteiger partial charge in [-0.25, -0.2) is 0 Å².